The molecule has 4 nitrogen and oxygen atoms in total. The van der Waals surface area contributed by atoms with Gasteiger partial charge in [-0.1, -0.05) is 37.0 Å². The van der Waals surface area contributed by atoms with E-state index in [-0.39, 0.29) is 22.0 Å². The first-order valence-electron chi connectivity index (χ1n) is 5.66. The molecule has 6 heteroatoms. The van der Waals surface area contributed by atoms with Crippen LogP contribution < -0.4 is 0 Å². The van der Waals surface area contributed by atoms with E-state index in [0.29, 0.717) is 18.7 Å². The summed E-state index contributed by atoms with van der Waals surface area (Å²) in [7, 11) is 0. The average Bonchev–Trinajstić information content (AvgIpc) is 2.27. The zero-order valence-electron chi connectivity index (χ0n) is 10.2. The molecule has 0 saturated carbocycles. The first-order chi connectivity index (χ1) is 8.33. The van der Waals surface area contributed by atoms with Crippen LogP contribution >= 0.6 is 23.2 Å². The molecule has 2 rings (SSSR count). The number of hydrogen-bond acceptors (Lipinski definition) is 3. The number of carbonyl (C=O) groups is 1. The molecule has 18 heavy (non-hydrogen) atoms. The first-order valence-corrected chi connectivity index (χ1v) is 6.42. The SMILES string of the molecule is CC(C)C1(O)CN(C(=O)c2cnc(Cl)c(Cl)c2)C1. The Hall–Kier alpha value is -0.840. The smallest absolute Gasteiger partial charge is 0.255 e. The van der Waals surface area contributed by atoms with Crippen molar-refractivity contribution < 1.29 is 9.90 Å². The van der Waals surface area contributed by atoms with Gasteiger partial charge in [0.05, 0.1) is 23.7 Å². The summed E-state index contributed by atoms with van der Waals surface area (Å²) < 4.78 is 0. The molecule has 0 atom stereocenters. The maximum absolute atomic E-state index is 12.1. The van der Waals surface area contributed by atoms with Crippen LogP contribution in [-0.4, -0.2) is 39.6 Å². The van der Waals surface area contributed by atoms with Gasteiger partial charge >= 0.3 is 0 Å². The molecule has 1 aromatic rings. The number of β-amino-alcohol motifs (C(OH)–C–C–N with tert-alkyl or cyclic N) is 1. The van der Waals surface area contributed by atoms with E-state index in [0.717, 1.165) is 0 Å². The summed E-state index contributed by atoms with van der Waals surface area (Å²) in [6.07, 6.45) is 1.39. The van der Waals surface area contributed by atoms with Crippen LogP contribution in [0.3, 0.4) is 0 Å². The summed E-state index contributed by atoms with van der Waals surface area (Å²) in [5.41, 5.74) is -0.394. The fraction of sp³-hybridized carbons (Fsp3) is 0.500. The number of likely N-dealkylation sites (tertiary alicyclic amines) is 1. The van der Waals surface area contributed by atoms with Gasteiger partial charge < -0.3 is 10.0 Å². The zero-order valence-corrected chi connectivity index (χ0v) is 11.7. The third-order valence-corrected chi connectivity index (χ3v) is 4.02. The highest BCUT2D eigenvalue weighted by Crippen LogP contribution is 2.30. The predicted molar refractivity (Wildman–Crippen MR) is 69.9 cm³/mol. The Labute approximate surface area is 116 Å². The van der Waals surface area contributed by atoms with E-state index < -0.39 is 5.60 Å². The van der Waals surface area contributed by atoms with Gasteiger partial charge in [-0.25, -0.2) is 4.98 Å². The second-order valence-electron chi connectivity index (χ2n) is 4.92. The molecule has 1 N–H and O–H groups in total. The fourth-order valence-electron chi connectivity index (χ4n) is 1.84. The van der Waals surface area contributed by atoms with Crippen LogP contribution in [0.4, 0.5) is 0 Å². The molecular weight excluding hydrogens is 275 g/mol. The molecule has 0 aliphatic carbocycles. The van der Waals surface area contributed by atoms with Gasteiger partial charge in [0.15, 0.2) is 0 Å². The van der Waals surface area contributed by atoms with Gasteiger partial charge in [-0.15, -0.1) is 0 Å². The minimum atomic E-state index is -0.778. The number of carbonyl (C=O) groups excluding carboxylic acids is 1. The number of halogens is 2. The van der Waals surface area contributed by atoms with Crippen molar-refractivity contribution in [2.24, 2.45) is 5.92 Å². The lowest BCUT2D eigenvalue weighted by Gasteiger charge is -2.49. The Morgan fingerprint density at radius 3 is 2.61 bits per heavy atom. The molecule has 1 amide bonds. The predicted octanol–water partition coefficient (Wildman–Crippen LogP) is 2.23. The molecule has 1 saturated heterocycles. The Kier molecular flexibility index (Phi) is 3.54. The minimum Gasteiger partial charge on any atom is -0.386 e. The van der Waals surface area contributed by atoms with E-state index in [1.807, 2.05) is 13.8 Å². The van der Waals surface area contributed by atoms with Crippen molar-refractivity contribution >= 4 is 29.1 Å². The second kappa shape index (κ2) is 4.68. The summed E-state index contributed by atoms with van der Waals surface area (Å²) in [6.45, 7) is 4.54. The van der Waals surface area contributed by atoms with Crippen molar-refractivity contribution in [3.8, 4) is 0 Å². The Morgan fingerprint density at radius 1 is 1.50 bits per heavy atom. The third kappa shape index (κ3) is 2.32. The zero-order chi connectivity index (χ0) is 13.5. The van der Waals surface area contributed by atoms with E-state index in [1.54, 1.807) is 4.90 Å². The van der Waals surface area contributed by atoms with Gasteiger partial charge in [0.25, 0.3) is 5.91 Å². The number of aromatic nitrogens is 1. The summed E-state index contributed by atoms with van der Waals surface area (Å²) in [5, 5.41) is 10.5. The van der Waals surface area contributed by atoms with Crippen LogP contribution in [0.1, 0.15) is 24.2 Å². The van der Waals surface area contributed by atoms with Gasteiger partial charge in [-0.05, 0) is 12.0 Å². The lowest BCUT2D eigenvalue weighted by Crippen LogP contribution is -2.65. The number of pyridine rings is 1. The van der Waals surface area contributed by atoms with E-state index in [1.165, 1.54) is 12.3 Å². The summed E-state index contributed by atoms with van der Waals surface area (Å²) in [6, 6.07) is 1.49. The largest absolute Gasteiger partial charge is 0.386 e. The van der Waals surface area contributed by atoms with Gasteiger partial charge in [-0.3, -0.25) is 4.79 Å². The van der Waals surface area contributed by atoms with Gasteiger partial charge in [-0.2, -0.15) is 0 Å². The maximum Gasteiger partial charge on any atom is 0.255 e. The quantitative estimate of drug-likeness (QED) is 0.849. The van der Waals surface area contributed by atoms with Crippen LogP contribution in [0.5, 0.6) is 0 Å². The van der Waals surface area contributed by atoms with Crippen molar-refractivity contribution in [3.05, 3.63) is 28.0 Å². The van der Waals surface area contributed by atoms with Gasteiger partial charge in [0, 0.05) is 6.20 Å². The summed E-state index contributed by atoms with van der Waals surface area (Å²) in [4.78, 5) is 17.5. The van der Waals surface area contributed by atoms with Crippen LogP contribution in [0.25, 0.3) is 0 Å². The molecule has 0 spiro atoms. The second-order valence-corrected chi connectivity index (χ2v) is 5.68. The number of hydrogen-bond donors (Lipinski definition) is 1. The number of amides is 1. The molecule has 0 unspecified atom stereocenters. The highest BCUT2D eigenvalue weighted by Gasteiger charge is 2.45. The van der Waals surface area contributed by atoms with Crippen LogP contribution in [0.15, 0.2) is 12.3 Å². The van der Waals surface area contributed by atoms with E-state index in [9.17, 15) is 9.90 Å². The molecule has 1 aromatic heterocycles. The molecule has 1 fully saturated rings. The molecule has 0 radical (unpaired) electrons. The first kappa shape index (κ1) is 13.6. The van der Waals surface area contributed by atoms with E-state index in [4.69, 9.17) is 23.2 Å². The Morgan fingerprint density at radius 2 is 2.11 bits per heavy atom. The highest BCUT2D eigenvalue weighted by atomic mass is 35.5. The van der Waals surface area contributed by atoms with Crippen molar-refractivity contribution in [2.45, 2.75) is 19.4 Å². The lowest BCUT2D eigenvalue weighted by molar-refractivity contribution is -0.110. The number of rotatable bonds is 2. The average molecular weight is 289 g/mol. The normalized spacial score (nSPS) is 17.8. The van der Waals surface area contributed by atoms with E-state index >= 15 is 0 Å². The number of aliphatic hydroxyl groups is 1. The molecule has 0 bridgehead atoms. The standard InChI is InChI=1S/C12H14Cl2N2O2/c1-7(2)12(18)5-16(6-12)11(17)8-3-9(13)10(14)15-4-8/h3-4,7,18H,5-6H2,1-2H3. The van der Waals surface area contributed by atoms with Gasteiger partial charge in [0.2, 0.25) is 0 Å². The molecule has 1 aliphatic heterocycles. The van der Waals surface area contributed by atoms with Gasteiger partial charge in [0.1, 0.15) is 10.8 Å². The van der Waals surface area contributed by atoms with Crippen molar-refractivity contribution in [3.63, 3.8) is 0 Å². The Bertz CT molecular complexity index is 485. The van der Waals surface area contributed by atoms with Crippen molar-refractivity contribution in [1.82, 2.24) is 9.88 Å². The molecule has 0 aromatic carbocycles. The molecule has 1 aliphatic rings. The topological polar surface area (TPSA) is 53.4 Å². The van der Waals surface area contributed by atoms with Crippen molar-refractivity contribution in [2.75, 3.05) is 13.1 Å². The fourth-order valence-corrected chi connectivity index (χ4v) is 2.11. The van der Waals surface area contributed by atoms with E-state index in [2.05, 4.69) is 4.98 Å². The van der Waals surface area contributed by atoms with Crippen LogP contribution in [0.2, 0.25) is 10.2 Å². The maximum atomic E-state index is 12.1. The lowest BCUT2D eigenvalue weighted by atomic mass is 9.83. The highest BCUT2D eigenvalue weighted by molar-refractivity contribution is 6.41. The number of nitrogens with zero attached hydrogens (tertiary/aromatic N) is 2. The molecule has 98 valence electrons. The molecule has 2 heterocycles. The summed E-state index contributed by atoms with van der Waals surface area (Å²) in [5.74, 6) is -0.0696. The molecular formula is C12H14Cl2N2O2. The monoisotopic (exact) mass is 288 g/mol. The third-order valence-electron chi connectivity index (χ3n) is 3.33. The van der Waals surface area contributed by atoms with Crippen LogP contribution in [0, 0.1) is 5.92 Å². The van der Waals surface area contributed by atoms with Crippen molar-refractivity contribution in [1.29, 1.82) is 0 Å². The summed E-state index contributed by atoms with van der Waals surface area (Å²) >= 11 is 11.5. The minimum absolute atomic E-state index is 0.119. The Balaban J connectivity index is 2.08. The van der Waals surface area contributed by atoms with Crippen LogP contribution in [-0.2, 0) is 0 Å².